The van der Waals surface area contributed by atoms with Gasteiger partial charge in [-0.3, -0.25) is 0 Å². The summed E-state index contributed by atoms with van der Waals surface area (Å²) in [6, 6.07) is 0. The van der Waals surface area contributed by atoms with Gasteiger partial charge in [0.25, 0.3) is 0 Å². The van der Waals surface area contributed by atoms with E-state index in [1.54, 1.807) is 7.05 Å². The van der Waals surface area contributed by atoms with E-state index in [1.165, 1.54) is 40.4 Å². The van der Waals surface area contributed by atoms with E-state index in [-0.39, 0.29) is 0 Å². The molecule has 0 spiro atoms. The summed E-state index contributed by atoms with van der Waals surface area (Å²) in [6.07, 6.45) is -1.92. The zero-order valence-electron chi connectivity index (χ0n) is 9.57. The van der Waals surface area contributed by atoms with Gasteiger partial charge < -0.3 is 23.7 Å². The van der Waals surface area contributed by atoms with Gasteiger partial charge in [-0.15, -0.1) is 0 Å². The Morgan fingerprint density at radius 2 is 1.21 bits per heavy atom. The van der Waals surface area contributed by atoms with Gasteiger partial charge in [0, 0.05) is 35.5 Å². The second kappa shape index (κ2) is 6.28. The van der Waals surface area contributed by atoms with E-state index in [0.29, 0.717) is 0 Å². The van der Waals surface area contributed by atoms with Gasteiger partial charge in [-0.25, -0.2) is 0 Å². The minimum atomic E-state index is -1.31. The van der Waals surface area contributed by atoms with Crippen molar-refractivity contribution >= 4 is 0 Å². The van der Waals surface area contributed by atoms with E-state index < -0.39 is 12.5 Å². The molecule has 0 atom stereocenters. The van der Waals surface area contributed by atoms with E-state index in [4.69, 9.17) is 23.7 Å². The highest BCUT2D eigenvalue weighted by Crippen LogP contribution is 2.19. The fourth-order valence-corrected chi connectivity index (χ4v) is 1.22. The topological polar surface area (TPSA) is 49.4 Å². The first-order chi connectivity index (χ1) is 6.61. The Morgan fingerprint density at radius 1 is 0.857 bits per heavy atom. The summed E-state index contributed by atoms with van der Waals surface area (Å²) in [5, 5.41) is 0. The Balaban J connectivity index is 4.63. The molecule has 86 valence electrons. The second-order valence-corrected chi connectivity index (χ2v) is 2.53. The first-order valence-corrected chi connectivity index (χ1v) is 4.05. The van der Waals surface area contributed by atoms with Gasteiger partial charge >= 0.3 is 6.10 Å². The van der Waals surface area contributed by atoms with Crippen molar-refractivity contribution in [3.63, 3.8) is 0 Å². The lowest BCUT2D eigenvalue weighted by Gasteiger charge is -2.39. The molecule has 0 bridgehead atoms. The van der Waals surface area contributed by atoms with Gasteiger partial charge in [0.2, 0.25) is 6.41 Å². The smallest absolute Gasteiger partial charge is 0.343 e. The molecule has 0 aliphatic carbocycles. The third-order valence-corrected chi connectivity index (χ3v) is 1.93. The predicted molar refractivity (Wildman–Crippen MR) is 49.3 cm³/mol. The van der Waals surface area contributed by atoms with Gasteiger partial charge in [-0.05, 0) is 7.05 Å². The molecule has 0 rings (SSSR count). The molecule has 0 N–H and O–H groups in total. The molecule has 6 heteroatoms. The van der Waals surface area contributed by atoms with Crippen LogP contribution < -0.4 is 0 Å². The normalized spacial score (nSPS) is 12.9. The second-order valence-electron chi connectivity index (χ2n) is 2.53. The Bertz CT molecular complexity index is 138. The summed E-state index contributed by atoms with van der Waals surface area (Å²) < 4.78 is 25.4. The van der Waals surface area contributed by atoms with Crippen molar-refractivity contribution in [2.75, 3.05) is 42.6 Å². The van der Waals surface area contributed by atoms with Crippen LogP contribution in [0.1, 0.15) is 0 Å². The van der Waals surface area contributed by atoms with Crippen LogP contribution in [0.5, 0.6) is 0 Å². The Kier molecular flexibility index (Phi) is 6.17. The van der Waals surface area contributed by atoms with Crippen molar-refractivity contribution < 1.29 is 23.7 Å². The van der Waals surface area contributed by atoms with Crippen molar-refractivity contribution in [1.29, 1.82) is 0 Å². The molecule has 0 saturated carbocycles. The lowest BCUT2D eigenvalue weighted by molar-refractivity contribution is -0.454. The first kappa shape index (κ1) is 13.8. The summed E-state index contributed by atoms with van der Waals surface area (Å²) in [7, 11) is 9.10. The van der Waals surface area contributed by atoms with Crippen molar-refractivity contribution in [3.8, 4) is 0 Å². The third-order valence-electron chi connectivity index (χ3n) is 1.93. The molecular formula is C8H19NO5. The molecule has 0 aromatic carbocycles. The summed E-state index contributed by atoms with van der Waals surface area (Å²) >= 11 is 0. The maximum absolute atomic E-state index is 5.10. The molecule has 0 unspecified atom stereocenters. The van der Waals surface area contributed by atoms with Crippen LogP contribution in [0.2, 0.25) is 0 Å². The minimum absolute atomic E-state index is 0.616. The maximum Gasteiger partial charge on any atom is 0.356 e. The molecule has 0 aromatic rings. The van der Waals surface area contributed by atoms with E-state index in [0.717, 1.165) is 0 Å². The molecule has 14 heavy (non-hydrogen) atoms. The zero-order chi connectivity index (χ0) is 11.2. The molecule has 0 heterocycles. The Hall–Kier alpha value is -0.240. The summed E-state index contributed by atoms with van der Waals surface area (Å²) in [4.78, 5) is 1.52. The number of rotatable bonds is 7. The molecule has 0 aliphatic heterocycles. The highest BCUT2D eigenvalue weighted by atomic mass is 16.9. The summed E-state index contributed by atoms with van der Waals surface area (Å²) in [5.41, 5.74) is 0. The van der Waals surface area contributed by atoms with E-state index >= 15 is 0 Å². The number of nitrogens with zero attached hydrogens (tertiary/aromatic N) is 1. The number of methoxy groups -OCH3 is 5. The Morgan fingerprint density at radius 3 is 1.43 bits per heavy atom. The number of hydrogen-bond donors (Lipinski definition) is 0. The van der Waals surface area contributed by atoms with Crippen LogP contribution >= 0.6 is 0 Å². The quantitative estimate of drug-likeness (QED) is 0.552. The predicted octanol–water partition coefficient (Wildman–Crippen LogP) is 0.0451. The molecular weight excluding hydrogens is 190 g/mol. The van der Waals surface area contributed by atoms with Gasteiger partial charge in [-0.2, -0.15) is 4.90 Å². The zero-order valence-corrected chi connectivity index (χ0v) is 9.57. The SMILES string of the molecule is COC(OC)N(C)C(OC)(OC)OC. The Labute approximate surface area is 84.6 Å². The third kappa shape index (κ3) is 2.63. The van der Waals surface area contributed by atoms with Crippen molar-refractivity contribution in [2.45, 2.75) is 12.5 Å². The summed E-state index contributed by atoms with van der Waals surface area (Å²) in [5.74, 6) is 0. The van der Waals surface area contributed by atoms with E-state index in [9.17, 15) is 0 Å². The van der Waals surface area contributed by atoms with Crippen LogP contribution in [0.3, 0.4) is 0 Å². The largest absolute Gasteiger partial charge is 0.356 e. The number of hydrogen-bond acceptors (Lipinski definition) is 6. The molecule has 0 aliphatic rings. The first-order valence-electron chi connectivity index (χ1n) is 4.05. The van der Waals surface area contributed by atoms with Crippen molar-refractivity contribution in [1.82, 2.24) is 4.90 Å². The lowest BCUT2D eigenvalue weighted by atomic mass is 10.7. The maximum atomic E-state index is 5.10. The molecule has 0 aromatic heterocycles. The lowest BCUT2D eigenvalue weighted by Crippen LogP contribution is -2.56. The van der Waals surface area contributed by atoms with Crippen LogP contribution in [0.4, 0.5) is 0 Å². The summed E-state index contributed by atoms with van der Waals surface area (Å²) in [6.45, 7) is 0. The fraction of sp³-hybridized carbons (Fsp3) is 1.00. The van der Waals surface area contributed by atoms with Gasteiger partial charge in [0.05, 0.1) is 0 Å². The van der Waals surface area contributed by atoms with Crippen molar-refractivity contribution in [2.24, 2.45) is 0 Å². The molecule has 6 nitrogen and oxygen atoms in total. The average molecular weight is 209 g/mol. The van der Waals surface area contributed by atoms with Crippen LogP contribution in [-0.4, -0.2) is 60.0 Å². The van der Waals surface area contributed by atoms with Gasteiger partial charge in [0.15, 0.2) is 0 Å². The van der Waals surface area contributed by atoms with Crippen LogP contribution in [0.25, 0.3) is 0 Å². The van der Waals surface area contributed by atoms with Crippen molar-refractivity contribution in [3.05, 3.63) is 0 Å². The molecule has 0 fully saturated rings. The van der Waals surface area contributed by atoms with E-state index in [2.05, 4.69) is 0 Å². The minimum Gasteiger partial charge on any atom is -0.343 e. The molecule has 0 saturated heterocycles. The monoisotopic (exact) mass is 209 g/mol. The highest BCUT2D eigenvalue weighted by molar-refractivity contribution is 4.56. The standard InChI is InChI=1S/C8H19NO5/c1-9(7(10-2)11-3)8(12-4,13-5)14-6/h7H,1-6H3. The van der Waals surface area contributed by atoms with Gasteiger partial charge in [0.1, 0.15) is 0 Å². The van der Waals surface area contributed by atoms with Crippen LogP contribution in [-0.2, 0) is 23.7 Å². The van der Waals surface area contributed by atoms with Crippen LogP contribution in [0, 0.1) is 0 Å². The van der Waals surface area contributed by atoms with E-state index in [1.807, 2.05) is 0 Å². The fourth-order valence-electron chi connectivity index (χ4n) is 1.22. The highest BCUT2D eigenvalue weighted by Gasteiger charge is 2.40. The number of ether oxygens (including phenoxy) is 5. The molecule has 0 amide bonds. The van der Waals surface area contributed by atoms with Crippen LogP contribution in [0.15, 0.2) is 0 Å². The average Bonchev–Trinajstić information content (AvgIpc) is 2.23. The molecule has 0 radical (unpaired) electrons. The van der Waals surface area contributed by atoms with Gasteiger partial charge in [-0.1, -0.05) is 0 Å².